The van der Waals surface area contributed by atoms with E-state index in [1.165, 1.54) is 4.90 Å². The predicted molar refractivity (Wildman–Crippen MR) is 151 cm³/mol. The monoisotopic (exact) mass is 523 g/mol. The molecule has 7 nitrogen and oxygen atoms in total. The van der Waals surface area contributed by atoms with Crippen LogP contribution in [-0.4, -0.2) is 46.2 Å². The van der Waals surface area contributed by atoms with Gasteiger partial charge in [-0.3, -0.25) is 9.59 Å². The molecule has 0 aliphatic heterocycles. The van der Waals surface area contributed by atoms with Crippen LogP contribution in [0.2, 0.25) is 0 Å². The number of hydrogen-bond donors (Lipinski definition) is 3. The number of anilines is 1. The molecule has 0 aliphatic carbocycles. The summed E-state index contributed by atoms with van der Waals surface area (Å²) in [5.41, 5.74) is 1.77. The van der Waals surface area contributed by atoms with Gasteiger partial charge < -0.3 is 20.3 Å². The summed E-state index contributed by atoms with van der Waals surface area (Å²) in [4.78, 5) is 41.9. The molecule has 2 aromatic rings. The molecule has 0 fully saturated rings. The predicted octanol–water partition coefficient (Wildman–Crippen LogP) is 5.11. The van der Waals surface area contributed by atoms with Gasteiger partial charge in [-0.25, -0.2) is 4.79 Å². The van der Waals surface area contributed by atoms with Gasteiger partial charge in [-0.2, -0.15) is 12.6 Å². The highest BCUT2D eigenvalue weighted by Crippen LogP contribution is 2.30. The van der Waals surface area contributed by atoms with E-state index in [0.29, 0.717) is 23.2 Å². The molecule has 0 saturated heterocycles. The van der Waals surface area contributed by atoms with E-state index in [0.717, 1.165) is 5.56 Å². The molecule has 0 radical (unpaired) electrons. The van der Waals surface area contributed by atoms with Crippen molar-refractivity contribution in [3.05, 3.63) is 65.2 Å². The molecule has 3 amide bonds. The van der Waals surface area contributed by atoms with E-state index in [9.17, 15) is 14.4 Å². The molecule has 2 N–H and O–H groups in total. The molecule has 3 unspecified atom stereocenters. The van der Waals surface area contributed by atoms with Gasteiger partial charge in [0, 0.05) is 23.0 Å². The Morgan fingerprint density at radius 2 is 1.73 bits per heavy atom. The van der Waals surface area contributed by atoms with Crippen LogP contribution in [0.3, 0.4) is 0 Å². The van der Waals surface area contributed by atoms with Gasteiger partial charge in [0.25, 0.3) is 5.91 Å². The van der Waals surface area contributed by atoms with E-state index in [2.05, 4.69) is 29.2 Å². The number of alkyl carbamates (subject to hydrolysis) is 1. The number of carbonyl (C=O) groups is 3. The van der Waals surface area contributed by atoms with E-state index < -0.39 is 35.6 Å². The van der Waals surface area contributed by atoms with Gasteiger partial charge in [0.1, 0.15) is 17.7 Å². The first-order chi connectivity index (χ1) is 17.4. The van der Waals surface area contributed by atoms with Crippen LogP contribution in [0.4, 0.5) is 10.5 Å². The van der Waals surface area contributed by atoms with Crippen LogP contribution >= 0.6 is 12.6 Å². The average molecular weight is 524 g/mol. The SMILES string of the molecule is C#Cc1ccccc1C(C(=O)Nc1ccccc1C)N(C(=O)C(CS)NC(=O)OC(C)(C)C)C(C)CC. The van der Waals surface area contributed by atoms with Crippen molar-refractivity contribution < 1.29 is 19.1 Å². The molecule has 2 aromatic carbocycles. The van der Waals surface area contributed by atoms with Gasteiger partial charge in [0.15, 0.2) is 0 Å². The lowest BCUT2D eigenvalue weighted by Gasteiger charge is -2.38. The molecule has 0 aliphatic rings. The Morgan fingerprint density at radius 1 is 1.11 bits per heavy atom. The van der Waals surface area contributed by atoms with Crippen molar-refractivity contribution in [1.29, 1.82) is 0 Å². The molecule has 0 saturated carbocycles. The van der Waals surface area contributed by atoms with E-state index in [4.69, 9.17) is 11.2 Å². The fourth-order valence-electron chi connectivity index (χ4n) is 3.81. The molecule has 3 atom stereocenters. The van der Waals surface area contributed by atoms with Gasteiger partial charge in [0.2, 0.25) is 5.91 Å². The maximum Gasteiger partial charge on any atom is 0.408 e. The number of terminal acetylenes is 1. The first kappa shape index (κ1) is 29.8. The lowest BCUT2D eigenvalue weighted by Crippen LogP contribution is -2.55. The van der Waals surface area contributed by atoms with Gasteiger partial charge >= 0.3 is 6.09 Å². The van der Waals surface area contributed by atoms with Crippen molar-refractivity contribution in [3.63, 3.8) is 0 Å². The van der Waals surface area contributed by atoms with E-state index in [1.54, 1.807) is 51.1 Å². The van der Waals surface area contributed by atoms with E-state index >= 15 is 0 Å². The second-order valence-corrected chi connectivity index (χ2v) is 10.2. The van der Waals surface area contributed by atoms with Crippen molar-refractivity contribution in [2.24, 2.45) is 0 Å². The Labute approximate surface area is 225 Å². The summed E-state index contributed by atoms with van der Waals surface area (Å²) in [7, 11) is 0. The Kier molecular flexibility index (Phi) is 10.6. The molecule has 0 heterocycles. The Balaban J connectivity index is 2.58. The highest BCUT2D eigenvalue weighted by Gasteiger charge is 2.39. The minimum absolute atomic E-state index is 0.00787. The topological polar surface area (TPSA) is 87.7 Å². The molecule has 0 spiro atoms. The molecule has 8 heteroatoms. The highest BCUT2D eigenvalue weighted by molar-refractivity contribution is 7.80. The zero-order valence-corrected chi connectivity index (χ0v) is 23.3. The third kappa shape index (κ3) is 8.02. The number of amides is 3. The summed E-state index contributed by atoms with van der Waals surface area (Å²) in [5, 5.41) is 5.58. The number of nitrogens with zero attached hydrogens (tertiary/aromatic N) is 1. The lowest BCUT2D eigenvalue weighted by molar-refractivity contribution is -0.142. The van der Waals surface area contributed by atoms with Crippen molar-refractivity contribution in [2.45, 2.75) is 71.7 Å². The van der Waals surface area contributed by atoms with Gasteiger partial charge in [-0.15, -0.1) is 6.42 Å². The number of ether oxygens (including phenoxy) is 1. The summed E-state index contributed by atoms with van der Waals surface area (Å²) in [5.74, 6) is 1.76. The van der Waals surface area contributed by atoms with E-state index in [-0.39, 0.29) is 11.8 Å². The molecular weight excluding hydrogens is 486 g/mol. The van der Waals surface area contributed by atoms with Crippen molar-refractivity contribution in [1.82, 2.24) is 10.2 Å². The smallest absolute Gasteiger partial charge is 0.408 e. The fourth-order valence-corrected chi connectivity index (χ4v) is 4.06. The summed E-state index contributed by atoms with van der Waals surface area (Å²) in [6.45, 7) is 10.9. The summed E-state index contributed by atoms with van der Waals surface area (Å²) >= 11 is 4.32. The zero-order valence-electron chi connectivity index (χ0n) is 22.4. The molecule has 198 valence electrons. The number of aryl methyl sites for hydroxylation is 1. The normalized spacial score (nSPS) is 13.5. The number of rotatable bonds is 9. The van der Waals surface area contributed by atoms with Crippen molar-refractivity contribution in [3.8, 4) is 12.3 Å². The summed E-state index contributed by atoms with van der Waals surface area (Å²) in [6.07, 6.45) is 5.61. The van der Waals surface area contributed by atoms with Crippen LogP contribution in [0.25, 0.3) is 0 Å². The zero-order chi connectivity index (χ0) is 27.8. The lowest BCUT2D eigenvalue weighted by atomic mass is 9.95. The second kappa shape index (κ2) is 13.2. The Bertz CT molecular complexity index is 1150. The molecule has 37 heavy (non-hydrogen) atoms. The summed E-state index contributed by atoms with van der Waals surface area (Å²) in [6, 6.07) is 12.0. The van der Waals surface area contributed by atoms with Crippen molar-refractivity contribution in [2.75, 3.05) is 11.1 Å². The Hall–Kier alpha value is -3.44. The van der Waals surface area contributed by atoms with Crippen LogP contribution in [0.5, 0.6) is 0 Å². The van der Waals surface area contributed by atoms with Crippen molar-refractivity contribution >= 4 is 36.2 Å². The number of nitrogens with one attached hydrogen (secondary N) is 2. The number of hydrogen-bond acceptors (Lipinski definition) is 5. The standard InChI is InChI=1S/C29H37N3O4S/c1-8-20(4)32(27(34)24(18-37)31-28(35)36-29(5,6)7)25(22-16-12-11-15-21(22)9-2)26(33)30-23-17-13-10-14-19(23)3/h2,10-17,20,24-25,37H,8,18H2,1,3-7H3,(H,30,33)(H,31,35). The van der Waals surface area contributed by atoms with Crippen LogP contribution in [0, 0.1) is 19.3 Å². The molecule has 0 bridgehead atoms. The third-order valence-electron chi connectivity index (χ3n) is 5.83. The van der Waals surface area contributed by atoms with E-state index in [1.807, 2.05) is 39.0 Å². The van der Waals surface area contributed by atoms with Crippen LogP contribution in [0.1, 0.15) is 63.8 Å². The van der Waals surface area contributed by atoms with Gasteiger partial charge in [0.05, 0.1) is 0 Å². The first-order valence-corrected chi connectivity index (χ1v) is 12.9. The Morgan fingerprint density at radius 3 is 2.30 bits per heavy atom. The third-order valence-corrected chi connectivity index (χ3v) is 6.20. The van der Waals surface area contributed by atoms with Crippen LogP contribution in [0.15, 0.2) is 48.5 Å². The fraction of sp³-hybridized carbons (Fsp3) is 0.414. The number of benzene rings is 2. The minimum atomic E-state index is -1.06. The second-order valence-electron chi connectivity index (χ2n) is 9.82. The van der Waals surface area contributed by atoms with Crippen LogP contribution < -0.4 is 10.6 Å². The number of para-hydroxylation sites is 1. The summed E-state index contributed by atoms with van der Waals surface area (Å²) < 4.78 is 5.35. The average Bonchev–Trinajstić information content (AvgIpc) is 2.85. The molecule has 0 aromatic heterocycles. The number of thiol groups is 1. The molecule has 2 rings (SSSR count). The molecular formula is C29H37N3O4S. The van der Waals surface area contributed by atoms with Crippen LogP contribution in [-0.2, 0) is 14.3 Å². The number of carbonyl (C=O) groups excluding carboxylic acids is 3. The largest absolute Gasteiger partial charge is 0.444 e. The van der Waals surface area contributed by atoms with Gasteiger partial charge in [-0.05, 0) is 64.3 Å². The minimum Gasteiger partial charge on any atom is -0.444 e. The maximum atomic E-state index is 14.0. The highest BCUT2D eigenvalue weighted by atomic mass is 32.1. The quantitative estimate of drug-likeness (QED) is 0.315. The first-order valence-electron chi connectivity index (χ1n) is 12.3. The maximum absolute atomic E-state index is 14.0. The van der Waals surface area contributed by atoms with Gasteiger partial charge in [-0.1, -0.05) is 49.2 Å².